The van der Waals surface area contributed by atoms with Crippen LogP contribution in [0, 0.1) is 0 Å². The van der Waals surface area contributed by atoms with Gasteiger partial charge in [0.25, 0.3) is 0 Å². The zero-order valence-corrected chi connectivity index (χ0v) is 21.3. The minimum absolute atomic E-state index is 0.630. The van der Waals surface area contributed by atoms with Gasteiger partial charge >= 0.3 is 8.60 Å². The van der Waals surface area contributed by atoms with Crippen molar-refractivity contribution in [3.8, 4) is 0 Å². The van der Waals surface area contributed by atoms with E-state index < -0.39 is 8.60 Å². The monoisotopic (exact) mass is 467 g/mol. The van der Waals surface area contributed by atoms with Gasteiger partial charge in [0.2, 0.25) is 0 Å². The molecule has 0 unspecified atom stereocenters. The number of rotatable bonds is 16. The Bertz CT molecular complexity index is 515. The first-order valence-electron chi connectivity index (χ1n) is 12.3. The number of allylic oxidation sites excluding steroid dienone is 5. The van der Waals surface area contributed by atoms with Gasteiger partial charge in [0.1, 0.15) is 0 Å². The number of aromatic nitrogens is 3. The fourth-order valence-corrected chi connectivity index (χ4v) is 3.46. The summed E-state index contributed by atoms with van der Waals surface area (Å²) in [5.41, 5.74) is 1.20. The molecule has 0 spiro atoms. The highest BCUT2D eigenvalue weighted by Crippen LogP contribution is 2.33. The van der Waals surface area contributed by atoms with E-state index in [0.717, 1.165) is 19.3 Å². The summed E-state index contributed by atoms with van der Waals surface area (Å²) in [5.74, 6) is 0. The summed E-state index contributed by atoms with van der Waals surface area (Å²) in [6.07, 6.45) is 27.2. The van der Waals surface area contributed by atoms with Gasteiger partial charge in [0, 0.05) is 0 Å². The predicted octanol–water partition coefficient (Wildman–Crippen LogP) is 7.82. The highest BCUT2D eigenvalue weighted by atomic mass is 31.2. The molecule has 1 aromatic rings. The summed E-state index contributed by atoms with van der Waals surface area (Å²) in [4.78, 5) is 9.55. The lowest BCUT2D eigenvalue weighted by Crippen LogP contribution is -1.95. The SMILES string of the molecule is C=C1C=CC=CC1.CCCCCCCCOP(O)OCCCCCCCC.c1cn[nH]n1. The molecule has 1 heterocycles. The Balaban J connectivity index is 0.000000635. The van der Waals surface area contributed by atoms with Crippen LogP contribution < -0.4 is 0 Å². The fourth-order valence-electron chi connectivity index (χ4n) is 2.81. The Morgan fingerprint density at radius 2 is 1.34 bits per heavy atom. The molecule has 0 amide bonds. The van der Waals surface area contributed by atoms with Crippen LogP contribution in [0.1, 0.15) is 97.3 Å². The minimum Gasteiger partial charge on any atom is -0.328 e. The third-order valence-electron chi connectivity index (χ3n) is 4.69. The average molecular weight is 468 g/mol. The van der Waals surface area contributed by atoms with Gasteiger partial charge < -0.3 is 13.9 Å². The summed E-state index contributed by atoms with van der Waals surface area (Å²) in [6, 6.07) is 0. The van der Waals surface area contributed by atoms with Crippen molar-refractivity contribution in [3.05, 3.63) is 48.8 Å². The fraction of sp³-hybridized carbons (Fsp3) is 0.680. The lowest BCUT2D eigenvalue weighted by molar-refractivity contribution is 0.194. The maximum Gasteiger partial charge on any atom is 0.329 e. The van der Waals surface area contributed by atoms with Gasteiger partial charge in [0.15, 0.2) is 0 Å². The molecule has 1 aliphatic rings. The minimum atomic E-state index is -1.64. The van der Waals surface area contributed by atoms with E-state index in [4.69, 9.17) is 9.05 Å². The Morgan fingerprint density at radius 1 is 0.844 bits per heavy atom. The van der Waals surface area contributed by atoms with E-state index in [9.17, 15) is 4.89 Å². The van der Waals surface area contributed by atoms with Gasteiger partial charge in [-0.25, -0.2) is 0 Å². The van der Waals surface area contributed by atoms with Crippen LogP contribution in [0.25, 0.3) is 0 Å². The van der Waals surface area contributed by atoms with Crippen LogP contribution in [-0.2, 0) is 9.05 Å². The van der Waals surface area contributed by atoms with E-state index in [2.05, 4.69) is 41.9 Å². The Hall–Kier alpha value is -1.33. The molecule has 6 nitrogen and oxygen atoms in total. The number of H-pyrrole nitrogens is 1. The molecule has 1 aliphatic carbocycles. The number of hydrogen-bond donors (Lipinski definition) is 2. The second-order valence-electron chi connectivity index (χ2n) is 7.75. The zero-order valence-electron chi connectivity index (χ0n) is 20.4. The van der Waals surface area contributed by atoms with Gasteiger partial charge in [0.05, 0.1) is 25.6 Å². The lowest BCUT2D eigenvalue weighted by Gasteiger charge is -2.10. The number of hydrogen-bond acceptors (Lipinski definition) is 5. The number of aromatic amines is 1. The number of nitrogens with one attached hydrogen (secondary N) is 1. The summed E-state index contributed by atoms with van der Waals surface area (Å²) in [7, 11) is -1.64. The highest BCUT2D eigenvalue weighted by Gasteiger charge is 2.05. The van der Waals surface area contributed by atoms with Gasteiger partial charge in [-0.05, 0) is 19.3 Å². The third-order valence-corrected chi connectivity index (χ3v) is 5.50. The van der Waals surface area contributed by atoms with E-state index in [1.165, 1.54) is 69.8 Å². The zero-order chi connectivity index (χ0) is 23.5. The van der Waals surface area contributed by atoms with Crippen molar-refractivity contribution in [2.24, 2.45) is 0 Å². The van der Waals surface area contributed by atoms with Gasteiger partial charge in [-0.3, -0.25) is 0 Å². The van der Waals surface area contributed by atoms with Crippen LogP contribution in [-0.4, -0.2) is 33.5 Å². The summed E-state index contributed by atoms with van der Waals surface area (Å²) in [5, 5.41) is 9.33. The molecule has 0 radical (unpaired) electrons. The molecule has 2 N–H and O–H groups in total. The smallest absolute Gasteiger partial charge is 0.328 e. The Kier molecular flexibility index (Phi) is 24.8. The topological polar surface area (TPSA) is 80.3 Å². The maximum absolute atomic E-state index is 9.55. The van der Waals surface area contributed by atoms with Crippen molar-refractivity contribution in [2.75, 3.05) is 13.2 Å². The summed E-state index contributed by atoms with van der Waals surface area (Å²) >= 11 is 0. The predicted molar refractivity (Wildman–Crippen MR) is 136 cm³/mol. The molecule has 0 aromatic carbocycles. The van der Waals surface area contributed by atoms with E-state index in [-0.39, 0.29) is 0 Å². The van der Waals surface area contributed by atoms with Crippen molar-refractivity contribution in [3.63, 3.8) is 0 Å². The second-order valence-corrected chi connectivity index (χ2v) is 8.74. The van der Waals surface area contributed by atoms with E-state index >= 15 is 0 Å². The molecule has 32 heavy (non-hydrogen) atoms. The largest absolute Gasteiger partial charge is 0.329 e. The highest BCUT2D eigenvalue weighted by molar-refractivity contribution is 7.40. The lowest BCUT2D eigenvalue weighted by atomic mass is 10.1. The summed E-state index contributed by atoms with van der Waals surface area (Å²) in [6.45, 7) is 9.49. The maximum atomic E-state index is 9.55. The molecule has 184 valence electrons. The number of nitrogens with zero attached hydrogens (tertiary/aromatic N) is 2. The molecule has 7 heteroatoms. The van der Waals surface area contributed by atoms with Crippen LogP contribution in [0.3, 0.4) is 0 Å². The molecule has 0 aliphatic heterocycles. The molecular weight excluding hydrogens is 421 g/mol. The van der Waals surface area contributed by atoms with Gasteiger partial charge in [-0.2, -0.15) is 15.4 Å². The first kappa shape index (κ1) is 30.7. The van der Waals surface area contributed by atoms with Gasteiger partial charge in [-0.1, -0.05) is 115 Å². The first-order chi connectivity index (χ1) is 15.7. The molecule has 1 aromatic heterocycles. The van der Waals surface area contributed by atoms with Crippen molar-refractivity contribution in [1.29, 1.82) is 0 Å². The molecule has 0 fully saturated rings. The van der Waals surface area contributed by atoms with Crippen LogP contribution in [0.2, 0.25) is 0 Å². The van der Waals surface area contributed by atoms with E-state index in [1.807, 2.05) is 18.2 Å². The average Bonchev–Trinajstić information content (AvgIpc) is 3.39. The van der Waals surface area contributed by atoms with Gasteiger partial charge in [-0.15, -0.1) is 0 Å². The Labute approximate surface area is 197 Å². The third kappa shape index (κ3) is 24.9. The molecule has 0 saturated carbocycles. The van der Waals surface area contributed by atoms with Crippen molar-refractivity contribution >= 4 is 8.60 Å². The standard InChI is InChI=1S/C16H35O3P.C7H8.C2H3N3/c1-3-5-7-9-11-13-15-18-20(17)19-16-14-12-10-8-6-4-2;1-7-5-3-2-4-6-7;1-2-4-5-3-1/h17H,3-16H2,1-2H3;2-5H,1,6H2;1-2H,(H,3,4,5). The van der Waals surface area contributed by atoms with Crippen LogP contribution in [0.5, 0.6) is 0 Å². The normalized spacial score (nSPS) is 12.3. The molecule has 0 bridgehead atoms. The number of unbranched alkanes of at least 4 members (excludes halogenated alkanes) is 10. The summed E-state index contributed by atoms with van der Waals surface area (Å²) < 4.78 is 10.6. The molecule has 2 rings (SSSR count). The van der Waals surface area contributed by atoms with Crippen molar-refractivity contribution in [2.45, 2.75) is 97.3 Å². The van der Waals surface area contributed by atoms with Crippen LogP contribution in [0.4, 0.5) is 0 Å². The molecule has 0 saturated heterocycles. The van der Waals surface area contributed by atoms with E-state index in [1.54, 1.807) is 12.4 Å². The van der Waals surface area contributed by atoms with Crippen molar-refractivity contribution < 1.29 is 13.9 Å². The molecule has 0 atom stereocenters. The van der Waals surface area contributed by atoms with Crippen molar-refractivity contribution in [1.82, 2.24) is 15.4 Å². The quantitative estimate of drug-likeness (QED) is 0.191. The van der Waals surface area contributed by atoms with Crippen LogP contribution in [0.15, 0.2) is 48.8 Å². The Morgan fingerprint density at radius 3 is 1.69 bits per heavy atom. The second kappa shape index (κ2) is 25.9. The first-order valence-corrected chi connectivity index (χ1v) is 13.4. The van der Waals surface area contributed by atoms with Crippen LogP contribution >= 0.6 is 8.60 Å². The molecular formula is C25H46N3O3P. The van der Waals surface area contributed by atoms with E-state index in [0.29, 0.717) is 13.2 Å².